The Balaban J connectivity index is 2.13. The second-order valence-corrected chi connectivity index (χ2v) is 4.82. The number of halogens is 1. The zero-order chi connectivity index (χ0) is 16.1. The van der Waals surface area contributed by atoms with Crippen molar-refractivity contribution in [1.29, 1.82) is 0 Å². The first-order valence-electron chi connectivity index (χ1n) is 6.83. The molecule has 2 rings (SSSR count). The molecule has 0 fully saturated rings. The molecule has 0 aromatic heterocycles. The van der Waals surface area contributed by atoms with Crippen LogP contribution in [0, 0.1) is 5.82 Å². The number of ether oxygens (including phenoxy) is 2. The summed E-state index contributed by atoms with van der Waals surface area (Å²) in [7, 11) is 3.05. The van der Waals surface area contributed by atoms with Crippen LogP contribution in [0.1, 0.15) is 28.9 Å². The number of nitrogens with one attached hydrogen (secondary N) is 1. The van der Waals surface area contributed by atoms with Gasteiger partial charge in [-0.3, -0.25) is 4.79 Å². The minimum absolute atomic E-state index is 0.235. The van der Waals surface area contributed by atoms with E-state index in [-0.39, 0.29) is 17.8 Å². The Hall–Kier alpha value is -2.56. The fraction of sp³-hybridized carbons (Fsp3) is 0.235. The molecule has 2 aromatic rings. The molecule has 5 heteroatoms. The summed E-state index contributed by atoms with van der Waals surface area (Å²) < 4.78 is 23.2. The van der Waals surface area contributed by atoms with Crippen molar-refractivity contribution in [2.24, 2.45) is 0 Å². The topological polar surface area (TPSA) is 47.6 Å². The number of rotatable bonds is 5. The van der Waals surface area contributed by atoms with E-state index in [9.17, 15) is 9.18 Å². The van der Waals surface area contributed by atoms with Crippen molar-refractivity contribution in [3.8, 4) is 11.5 Å². The Morgan fingerprint density at radius 3 is 2.27 bits per heavy atom. The second kappa shape index (κ2) is 6.93. The number of hydrogen-bond acceptors (Lipinski definition) is 3. The van der Waals surface area contributed by atoms with E-state index in [0.29, 0.717) is 17.1 Å². The summed E-state index contributed by atoms with van der Waals surface area (Å²) in [4.78, 5) is 12.3. The number of amides is 1. The zero-order valence-electron chi connectivity index (χ0n) is 12.7. The number of methoxy groups -OCH3 is 2. The molecule has 2 aromatic carbocycles. The molecule has 1 N–H and O–H groups in total. The van der Waals surface area contributed by atoms with Crippen LogP contribution >= 0.6 is 0 Å². The van der Waals surface area contributed by atoms with E-state index >= 15 is 0 Å². The van der Waals surface area contributed by atoms with Crippen LogP contribution in [0.15, 0.2) is 42.5 Å². The molecule has 0 heterocycles. The molecule has 0 aliphatic heterocycles. The van der Waals surface area contributed by atoms with E-state index in [1.165, 1.54) is 26.4 Å². The van der Waals surface area contributed by atoms with Gasteiger partial charge in [0.1, 0.15) is 5.82 Å². The minimum atomic E-state index is -0.304. The SMILES string of the molecule is COc1ccc(C(=O)NC(C)c2ccc(F)cc2)cc1OC. The first-order valence-corrected chi connectivity index (χ1v) is 6.83. The monoisotopic (exact) mass is 303 g/mol. The third-order valence-corrected chi connectivity index (χ3v) is 3.36. The van der Waals surface area contributed by atoms with Gasteiger partial charge in [-0.05, 0) is 42.8 Å². The maximum Gasteiger partial charge on any atom is 0.251 e. The lowest BCUT2D eigenvalue weighted by atomic mass is 10.1. The molecule has 22 heavy (non-hydrogen) atoms. The zero-order valence-corrected chi connectivity index (χ0v) is 12.7. The molecule has 1 amide bonds. The summed E-state index contributed by atoms with van der Waals surface area (Å²) in [5.41, 5.74) is 1.29. The smallest absolute Gasteiger partial charge is 0.251 e. The van der Waals surface area contributed by atoms with E-state index in [0.717, 1.165) is 5.56 Å². The molecule has 0 saturated carbocycles. The molecule has 0 aliphatic rings. The molecule has 4 nitrogen and oxygen atoms in total. The molecule has 0 bridgehead atoms. The number of hydrogen-bond donors (Lipinski definition) is 1. The third-order valence-electron chi connectivity index (χ3n) is 3.36. The maximum absolute atomic E-state index is 12.9. The van der Waals surface area contributed by atoms with Crippen molar-refractivity contribution in [3.63, 3.8) is 0 Å². The highest BCUT2D eigenvalue weighted by atomic mass is 19.1. The second-order valence-electron chi connectivity index (χ2n) is 4.82. The van der Waals surface area contributed by atoms with Gasteiger partial charge >= 0.3 is 0 Å². The van der Waals surface area contributed by atoms with Crippen LogP contribution in [0.25, 0.3) is 0 Å². The largest absolute Gasteiger partial charge is 0.493 e. The van der Waals surface area contributed by atoms with Gasteiger partial charge in [-0.2, -0.15) is 0 Å². The Morgan fingerprint density at radius 1 is 1.05 bits per heavy atom. The van der Waals surface area contributed by atoms with Crippen LogP contribution in [0.3, 0.4) is 0 Å². The van der Waals surface area contributed by atoms with E-state index in [1.54, 1.807) is 30.3 Å². The summed E-state index contributed by atoms with van der Waals surface area (Å²) >= 11 is 0. The lowest BCUT2D eigenvalue weighted by molar-refractivity contribution is 0.0939. The lowest BCUT2D eigenvalue weighted by Gasteiger charge is -2.15. The molecule has 0 spiro atoms. The van der Waals surface area contributed by atoms with E-state index in [2.05, 4.69) is 5.32 Å². The van der Waals surface area contributed by atoms with Gasteiger partial charge in [0.25, 0.3) is 5.91 Å². The first kappa shape index (κ1) is 15.8. The predicted octanol–water partition coefficient (Wildman–Crippen LogP) is 3.33. The Labute approximate surface area is 128 Å². The standard InChI is InChI=1S/C17H18FNO3/c1-11(12-4-7-14(18)8-5-12)19-17(20)13-6-9-15(21-2)16(10-13)22-3/h4-11H,1-3H3,(H,19,20). The summed E-state index contributed by atoms with van der Waals surface area (Å²) in [6.07, 6.45) is 0. The number of carbonyl (C=O) groups is 1. The van der Waals surface area contributed by atoms with Crippen molar-refractivity contribution >= 4 is 5.91 Å². The maximum atomic E-state index is 12.9. The normalized spacial score (nSPS) is 11.6. The lowest BCUT2D eigenvalue weighted by Crippen LogP contribution is -2.26. The molecule has 116 valence electrons. The van der Waals surface area contributed by atoms with Gasteiger partial charge in [0.15, 0.2) is 11.5 Å². The summed E-state index contributed by atoms with van der Waals surface area (Å²) in [5.74, 6) is 0.509. The van der Waals surface area contributed by atoms with Crippen LogP contribution < -0.4 is 14.8 Å². The Morgan fingerprint density at radius 2 is 1.68 bits per heavy atom. The average molecular weight is 303 g/mol. The summed E-state index contributed by atoms with van der Waals surface area (Å²) in [6.45, 7) is 1.84. The average Bonchev–Trinajstić information content (AvgIpc) is 2.54. The van der Waals surface area contributed by atoms with Gasteiger partial charge in [0, 0.05) is 5.56 Å². The molecular formula is C17H18FNO3. The summed E-state index contributed by atoms with van der Waals surface area (Å²) in [6, 6.07) is 10.8. The summed E-state index contributed by atoms with van der Waals surface area (Å²) in [5, 5.41) is 2.86. The fourth-order valence-corrected chi connectivity index (χ4v) is 2.09. The molecule has 0 saturated heterocycles. The first-order chi connectivity index (χ1) is 10.5. The van der Waals surface area contributed by atoms with Crippen LogP contribution in [0.5, 0.6) is 11.5 Å². The molecule has 0 radical (unpaired) electrons. The highest BCUT2D eigenvalue weighted by Crippen LogP contribution is 2.27. The van der Waals surface area contributed by atoms with Gasteiger partial charge in [-0.15, -0.1) is 0 Å². The van der Waals surface area contributed by atoms with Gasteiger partial charge in [-0.25, -0.2) is 4.39 Å². The third kappa shape index (κ3) is 3.55. The van der Waals surface area contributed by atoms with Crippen LogP contribution in [-0.2, 0) is 0 Å². The minimum Gasteiger partial charge on any atom is -0.493 e. The van der Waals surface area contributed by atoms with Crippen molar-refractivity contribution in [3.05, 3.63) is 59.4 Å². The van der Waals surface area contributed by atoms with Crippen molar-refractivity contribution in [1.82, 2.24) is 5.32 Å². The Kier molecular flexibility index (Phi) is 4.99. The molecule has 1 unspecified atom stereocenters. The van der Waals surface area contributed by atoms with Crippen molar-refractivity contribution in [2.45, 2.75) is 13.0 Å². The van der Waals surface area contributed by atoms with Crippen LogP contribution in [0.2, 0.25) is 0 Å². The number of carbonyl (C=O) groups excluding carboxylic acids is 1. The van der Waals surface area contributed by atoms with Crippen molar-refractivity contribution in [2.75, 3.05) is 14.2 Å². The molecule has 0 aliphatic carbocycles. The molecule has 1 atom stereocenters. The van der Waals surface area contributed by atoms with E-state index < -0.39 is 0 Å². The number of benzene rings is 2. The van der Waals surface area contributed by atoms with Crippen LogP contribution in [-0.4, -0.2) is 20.1 Å². The quantitative estimate of drug-likeness (QED) is 0.921. The van der Waals surface area contributed by atoms with Gasteiger partial charge < -0.3 is 14.8 Å². The highest BCUT2D eigenvalue weighted by molar-refractivity contribution is 5.95. The van der Waals surface area contributed by atoms with E-state index in [1.807, 2.05) is 6.92 Å². The van der Waals surface area contributed by atoms with Gasteiger partial charge in [0.05, 0.1) is 20.3 Å². The Bertz CT molecular complexity index is 655. The fourth-order valence-electron chi connectivity index (χ4n) is 2.09. The van der Waals surface area contributed by atoms with Gasteiger partial charge in [-0.1, -0.05) is 12.1 Å². The van der Waals surface area contributed by atoms with Crippen LogP contribution in [0.4, 0.5) is 4.39 Å². The van der Waals surface area contributed by atoms with E-state index in [4.69, 9.17) is 9.47 Å². The predicted molar refractivity (Wildman–Crippen MR) is 81.8 cm³/mol. The van der Waals surface area contributed by atoms with Gasteiger partial charge in [0.2, 0.25) is 0 Å². The van der Waals surface area contributed by atoms with Crippen molar-refractivity contribution < 1.29 is 18.7 Å². The highest BCUT2D eigenvalue weighted by Gasteiger charge is 2.14. The molecular weight excluding hydrogens is 285 g/mol.